The van der Waals surface area contributed by atoms with Crippen LogP contribution in [0.3, 0.4) is 0 Å². The third kappa shape index (κ3) is 1.25. The zero-order valence-corrected chi connectivity index (χ0v) is 8.77. The minimum Gasteiger partial charge on any atom is -0.447 e. The third-order valence-electron chi connectivity index (χ3n) is 2.71. The van der Waals surface area contributed by atoms with Crippen molar-refractivity contribution < 1.29 is 14.1 Å². The SMILES string of the molecule is Cc1noc2cc(N3CCOC3=O)ccc12. The van der Waals surface area contributed by atoms with E-state index in [-0.39, 0.29) is 6.09 Å². The van der Waals surface area contributed by atoms with E-state index < -0.39 is 0 Å². The number of hydrogen-bond acceptors (Lipinski definition) is 4. The van der Waals surface area contributed by atoms with Gasteiger partial charge in [0.05, 0.1) is 17.9 Å². The highest BCUT2D eigenvalue weighted by Gasteiger charge is 2.24. The summed E-state index contributed by atoms with van der Waals surface area (Å²) in [6.07, 6.45) is -0.310. The third-order valence-corrected chi connectivity index (χ3v) is 2.71. The summed E-state index contributed by atoms with van der Waals surface area (Å²) >= 11 is 0. The average molecular weight is 218 g/mol. The predicted molar refractivity (Wildman–Crippen MR) is 57.4 cm³/mol. The first-order valence-electron chi connectivity index (χ1n) is 5.06. The number of aryl methyl sites for hydroxylation is 1. The minimum absolute atomic E-state index is 0.310. The number of carbonyl (C=O) groups excluding carboxylic acids is 1. The summed E-state index contributed by atoms with van der Waals surface area (Å²) in [4.78, 5) is 13.0. The second-order valence-corrected chi connectivity index (χ2v) is 3.71. The van der Waals surface area contributed by atoms with E-state index in [9.17, 15) is 4.79 Å². The van der Waals surface area contributed by atoms with Gasteiger partial charge in [-0.1, -0.05) is 5.16 Å². The molecule has 0 saturated carbocycles. The largest absolute Gasteiger partial charge is 0.447 e. The Hall–Kier alpha value is -2.04. The molecule has 1 fully saturated rings. The number of fused-ring (bicyclic) bond motifs is 1. The van der Waals surface area contributed by atoms with Gasteiger partial charge in [-0.25, -0.2) is 4.79 Å². The van der Waals surface area contributed by atoms with Gasteiger partial charge in [0.2, 0.25) is 0 Å². The number of cyclic esters (lactones) is 1. The Morgan fingerprint density at radius 3 is 3.06 bits per heavy atom. The molecule has 1 aliphatic heterocycles. The van der Waals surface area contributed by atoms with E-state index in [1.54, 1.807) is 4.90 Å². The normalized spacial score (nSPS) is 15.8. The first-order valence-corrected chi connectivity index (χ1v) is 5.06. The number of anilines is 1. The molecule has 5 nitrogen and oxygen atoms in total. The molecule has 0 N–H and O–H groups in total. The van der Waals surface area contributed by atoms with Crippen molar-refractivity contribution in [3.63, 3.8) is 0 Å². The molecular formula is C11H10N2O3. The van der Waals surface area contributed by atoms with Gasteiger partial charge in [-0.05, 0) is 19.1 Å². The highest BCUT2D eigenvalue weighted by atomic mass is 16.6. The Bertz CT molecular complexity index is 561. The van der Waals surface area contributed by atoms with Crippen LogP contribution >= 0.6 is 0 Å². The van der Waals surface area contributed by atoms with Crippen LogP contribution in [0.4, 0.5) is 10.5 Å². The minimum atomic E-state index is -0.310. The fourth-order valence-corrected chi connectivity index (χ4v) is 1.85. The van der Waals surface area contributed by atoms with Crippen molar-refractivity contribution in [2.75, 3.05) is 18.1 Å². The van der Waals surface area contributed by atoms with Crippen LogP contribution in [0.1, 0.15) is 5.69 Å². The molecule has 1 aromatic heterocycles. The maximum absolute atomic E-state index is 11.4. The molecule has 0 radical (unpaired) electrons. The first kappa shape index (κ1) is 9.21. The molecule has 1 aromatic carbocycles. The Kier molecular flexibility index (Phi) is 1.86. The van der Waals surface area contributed by atoms with Gasteiger partial charge < -0.3 is 9.26 Å². The van der Waals surface area contributed by atoms with Gasteiger partial charge in [-0.2, -0.15) is 0 Å². The zero-order chi connectivity index (χ0) is 11.1. The lowest BCUT2D eigenvalue weighted by Gasteiger charge is -2.11. The lowest BCUT2D eigenvalue weighted by Crippen LogP contribution is -2.23. The number of nitrogens with zero attached hydrogens (tertiary/aromatic N) is 2. The Morgan fingerprint density at radius 1 is 1.44 bits per heavy atom. The molecule has 1 amide bonds. The van der Waals surface area contributed by atoms with E-state index in [0.717, 1.165) is 16.8 Å². The standard InChI is InChI=1S/C11H10N2O3/c1-7-9-3-2-8(6-10(9)16-12-7)13-4-5-15-11(13)14/h2-3,6H,4-5H2,1H3. The quantitative estimate of drug-likeness (QED) is 0.735. The lowest BCUT2D eigenvalue weighted by atomic mass is 10.2. The molecule has 0 atom stereocenters. The van der Waals surface area contributed by atoms with Gasteiger partial charge in [0, 0.05) is 11.5 Å². The van der Waals surface area contributed by atoms with Crippen molar-refractivity contribution in [3.05, 3.63) is 23.9 Å². The van der Waals surface area contributed by atoms with Crippen LogP contribution in [0, 0.1) is 6.92 Å². The zero-order valence-electron chi connectivity index (χ0n) is 8.77. The molecule has 0 bridgehead atoms. The molecular weight excluding hydrogens is 208 g/mol. The summed E-state index contributed by atoms with van der Waals surface area (Å²) in [7, 11) is 0. The highest BCUT2D eigenvalue weighted by Crippen LogP contribution is 2.25. The van der Waals surface area contributed by atoms with Crippen molar-refractivity contribution in [2.24, 2.45) is 0 Å². The molecule has 1 aliphatic rings. The molecule has 82 valence electrons. The van der Waals surface area contributed by atoms with Crippen LogP contribution in [-0.4, -0.2) is 24.4 Å². The van der Waals surface area contributed by atoms with E-state index in [0.29, 0.717) is 18.7 Å². The molecule has 0 spiro atoms. The number of carbonyl (C=O) groups is 1. The van der Waals surface area contributed by atoms with Crippen LogP contribution in [0.15, 0.2) is 22.7 Å². The van der Waals surface area contributed by atoms with Gasteiger partial charge in [-0.15, -0.1) is 0 Å². The van der Waals surface area contributed by atoms with E-state index in [2.05, 4.69) is 5.16 Å². The highest BCUT2D eigenvalue weighted by molar-refractivity contribution is 5.92. The Balaban J connectivity index is 2.08. The van der Waals surface area contributed by atoms with Crippen molar-refractivity contribution in [1.29, 1.82) is 0 Å². The van der Waals surface area contributed by atoms with Crippen molar-refractivity contribution in [1.82, 2.24) is 5.16 Å². The predicted octanol–water partition coefficient (Wildman–Crippen LogP) is 2.09. The van der Waals surface area contributed by atoms with Crippen molar-refractivity contribution >= 4 is 22.7 Å². The van der Waals surface area contributed by atoms with Crippen LogP contribution in [-0.2, 0) is 4.74 Å². The number of aromatic nitrogens is 1. The molecule has 2 heterocycles. The molecule has 2 aromatic rings. The summed E-state index contributed by atoms with van der Waals surface area (Å²) in [6, 6.07) is 5.59. The molecule has 3 rings (SSSR count). The van der Waals surface area contributed by atoms with Gasteiger partial charge in [0.25, 0.3) is 0 Å². The maximum Gasteiger partial charge on any atom is 0.414 e. The monoisotopic (exact) mass is 218 g/mol. The number of rotatable bonds is 1. The molecule has 0 aliphatic carbocycles. The fraction of sp³-hybridized carbons (Fsp3) is 0.273. The lowest BCUT2D eigenvalue weighted by molar-refractivity contribution is 0.181. The summed E-state index contributed by atoms with van der Waals surface area (Å²) in [6.45, 7) is 2.90. The number of hydrogen-bond donors (Lipinski definition) is 0. The van der Waals surface area contributed by atoms with Gasteiger partial charge in [0.15, 0.2) is 5.58 Å². The van der Waals surface area contributed by atoms with Gasteiger partial charge in [0.1, 0.15) is 6.61 Å². The Labute approximate surface area is 91.6 Å². The maximum atomic E-state index is 11.4. The average Bonchev–Trinajstić information content (AvgIpc) is 2.86. The second kappa shape index (κ2) is 3.23. The van der Waals surface area contributed by atoms with Crippen LogP contribution < -0.4 is 4.90 Å². The number of ether oxygens (including phenoxy) is 1. The summed E-state index contributed by atoms with van der Waals surface area (Å²) in [5.74, 6) is 0. The summed E-state index contributed by atoms with van der Waals surface area (Å²) in [5.41, 5.74) is 2.33. The second-order valence-electron chi connectivity index (χ2n) is 3.71. The summed E-state index contributed by atoms with van der Waals surface area (Å²) in [5, 5.41) is 4.84. The first-order chi connectivity index (χ1) is 7.75. The molecule has 5 heteroatoms. The Morgan fingerprint density at radius 2 is 2.31 bits per heavy atom. The summed E-state index contributed by atoms with van der Waals surface area (Å²) < 4.78 is 10.0. The smallest absolute Gasteiger partial charge is 0.414 e. The topological polar surface area (TPSA) is 55.6 Å². The van der Waals surface area contributed by atoms with E-state index in [1.807, 2.05) is 25.1 Å². The molecule has 0 unspecified atom stereocenters. The van der Waals surface area contributed by atoms with Crippen LogP contribution in [0.25, 0.3) is 11.0 Å². The van der Waals surface area contributed by atoms with Crippen LogP contribution in [0.5, 0.6) is 0 Å². The number of benzene rings is 1. The molecule has 16 heavy (non-hydrogen) atoms. The van der Waals surface area contributed by atoms with Crippen molar-refractivity contribution in [2.45, 2.75) is 6.92 Å². The number of amides is 1. The van der Waals surface area contributed by atoms with Gasteiger partial charge in [-0.3, -0.25) is 4.90 Å². The van der Waals surface area contributed by atoms with Crippen molar-refractivity contribution in [3.8, 4) is 0 Å². The van der Waals surface area contributed by atoms with Gasteiger partial charge >= 0.3 is 6.09 Å². The fourth-order valence-electron chi connectivity index (χ4n) is 1.85. The molecule has 1 saturated heterocycles. The van der Waals surface area contributed by atoms with E-state index >= 15 is 0 Å². The van der Waals surface area contributed by atoms with Crippen LogP contribution in [0.2, 0.25) is 0 Å². The van der Waals surface area contributed by atoms with E-state index in [4.69, 9.17) is 9.26 Å². The van der Waals surface area contributed by atoms with E-state index in [1.165, 1.54) is 0 Å².